The topological polar surface area (TPSA) is 61.3 Å². The summed E-state index contributed by atoms with van der Waals surface area (Å²) in [6.45, 7) is 6.10. The second-order valence-electron chi connectivity index (χ2n) is 5.84. The van der Waals surface area contributed by atoms with Gasteiger partial charge in [-0.05, 0) is 45.4 Å². The Bertz CT molecular complexity index is 671. The molecule has 1 aliphatic heterocycles. The van der Waals surface area contributed by atoms with Crippen LogP contribution in [0.15, 0.2) is 23.0 Å². The van der Waals surface area contributed by atoms with E-state index in [1.165, 1.54) is 6.42 Å². The molecular formula is C15H21N3O2. The maximum absolute atomic E-state index is 12.1. The van der Waals surface area contributed by atoms with Crippen molar-refractivity contribution >= 4 is 11.0 Å². The third-order valence-corrected chi connectivity index (χ3v) is 4.25. The van der Waals surface area contributed by atoms with Gasteiger partial charge < -0.3 is 10.1 Å². The molecule has 1 aliphatic rings. The Labute approximate surface area is 117 Å². The summed E-state index contributed by atoms with van der Waals surface area (Å²) in [5.74, 6) is 0.162. The van der Waals surface area contributed by atoms with E-state index in [2.05, 4.69) is 23.7 Å². The minimum atomic E-state index is -0.142. The Morgan fingerprint density at radius 1 is 1.45 bits per heavy atom. The van der Waals surface area contributed by atoms with E-state index >= 15 is 0 Å². The van der Waals surface area contributed by atoms with E-state index in [0.717, 1.165) is 13.0 Å². The Balaban J connectivity index is 1.99. The van der Waals surface area contributed by atoms with Gasteiger partial charge in [0.2, 0.25) is 0 Å². The molecule has 1 fully saturated rings. The van der Waals surface area contributed by atoms with E-state index in [-0.39, 0.29) is 11.4 Å². The number of nitrogens with zero attached hydrogens (tertiary/aromatic N) is 2. The third kappa shape index (κ3) is 2.12. The van der Waals surface area contributed by atoms with Crippen molar-refractivity contribution in [3.05, 3.63) is 28.7 Å². The maximum atomic E-state index is 12.1. The molecule has 2 aromatic rings. The van der Waals surface area contributed by atoms with E-state index in [9.17, 15) is 9.90 Å². The van der Waals surface area contributed by atoms with Crippen LogP contribution in [-0.2, 0) is 6.54 Å². The molecule has 0 amide bonds. The second-order valence-corrected chi connectivity index (χ2v) is 5.84. The van der Waals surface area contributed by atoms with Gasteiger partial charge in [-0.1, -0.05) is 6.07 Å². The van der Waals surface area contributed by atoms with Gasteiger partial charge >= 0.3 is 5.69 Å². The molecule has 3 rings (SSSR count). The van der Waals surface area contributed by atoms with Crippen LogP contribution in [0.3, 0.4) is 0 Å². The lowest BCUT2D eigenvalue weighted by atomic mass is 10.2. The largest absolute Gasteiger partial charge is 0.506 e. The number of likely N-dealkylation sites (tertiary alicyclic amines) is 1. The van der Waals surface area contributed by atoms with Crippen molar-refractivity contribution in [2.24, 2.45) is 0 Å². The molecule has 0 aliphatic carbocycles. The molecule has 0 radical (unpaired) electrons. The molecule has 0 bridgehead atoms. The first-order chi connectivity index (χ1) is 9.58. The molecular weight excluding hydrogens is 254 g/mol. The fourth-order valence-electron chi connectivity index (χ4n) is 3.32. The second kappa shape index (κ2) is 4.98. The zero-order chi connectivity index (χ0) is 14.3. The highest BCUT2D eigenvalue weighted by Gasteiger charge is 2.28. The van der Waals surface area contributed by atoms with Gasteiger partial charge in [0.1, 0.15) is 11.3 Å². The third-order valence-electron chi connectivity index (χ3n) is 4.25. The average Bonchev–Trinajstić information content (AvgIpc) is 2.96. The predicted molar refractivity (Wildman–Crippen MR) is 79.1 cm³/mol. The Morgan fingerprint density at radius 2 is 2.25 bits per heavy atom. The minimum absolute atomic E-state index is 0.142. The number of para-hydroxylation sites is 1. The molecule has 108 valence electrons. The van der Waals surface area contributed by atoms with Gasteiger partial charge in [-0.15, -0.1) is 0 Å². The smallest absolute Gasteiger partial charge is 0.326 e. The highest BCUT2D eigenvalue weighted by molar-refractivity contribution is 5.81. The molecule has 1 aromatic carbocycles. The number of phenols is 1. The number of imidazole rings is 1. The summed E-state index contributed by atoms with van der Waals surface area (Å²) in [5, 5.41) is 10.0. The van der Waals surface area contributed by atoms with E-state index in [0.29, 0.717) is 29.7 Å². The normalized spacial score (nSPS) is 20.2. The summed E-state index contributed by atoms with van der Waals surface area (Å²) in [4.78, 5) is 17.4. The fourth-order valence-corrected chi connectivity index (χ4v) is 3.32. The summed E-state index contributed by atoms with van der Waals surface area (Å²) in [6.07, 6.45) is 2.27. The lowest BCUT2D eigenvalue weighted by Crippen LogP contribution is -2.39. The van der Waals surface area contributed by atoms with Crippen LogP contribution in [0.2, 0.25) is 0 Å². The van der Waals surface area contributed by atoms with Crippen molar-refractivity contribution in [3.8, 4) is 5.75 Å². The maximum Gasteiger partial charge on any atom is 0.326 e. The lowest BCUT2D eigenvalue weighted by Gasteiger charge is -2.28. The standard InChI is InChI=1S/C15H21N3O2/c1-10(2)17-8-4-5-11(17)9-18-14-12(16-15(18)20)6-3-7-13(14)19/h3,6-7,10-11,19H,4-5,8-9H2,1-2H3,(H,16,20). The molecule has 5 nitrogen and oxygen atoms in total. The first-order valence-corrected chi connectivity index (χ1v) is 7.24. The number of rotatable bonds is 3. The van der Waals surface area contributed by atoms with Gasteiger partial charge in [0.25, 0.3) is 0 Å². The number of aromatic nitrogens is 2. The molecule has 0 saturated carbocycles. The number of H-pyrrole nitrogens is 1. The van der Waals surface area contributed by atoms with Crippen LogP contribution in [0.25, 0.3) is 11.0 Å². The van der Waals surface area contributed by atoms with E-state index in [4.69, 9.17) is 0 Å². The summed E-state index contributed by atoms with van der Waals surface area (Å²) in [5.41, 5.74) is 1.18. The number of phenolic OH excluding ortho intramolecular Hbond substituents is 1. The van der Waals surface area contributed by atoms with Crippen LogP contribution in [0.4, 0.5) is 0 Å². The van der Waals surface area contributed by atoms with Crippen LogP contribution in [0.1, 0.15) is 26.7 Å². The van der Waals surface area contributed by atoms with E-state index in [1.807, 2.05) is 6.07 Å². The highest BCUT2D eigenvalue weighted by Crippen LogP contribution is 2.25. The van der Waals surface area contributed by atoms with Gasteiger partial charge in [-0.25, -0.2) is 4.79 Å². The summed E-state index contributed by atoms with van der Waals surface area (Å²) >= 11 is 0. The van der Waals surface area contributed by atoms with Gasteiger partial charge in [-0.2, -0.15) is 0 Å². The number of hydrogen-bond donors (Lipinski definition) is 2. The number of aromatic amines is 1. The highest BCUT2D eigenvalue weighted by atomic mass is 16.3. The zero-order valence-corrected chi connectivity index (χ0v) is 12.0. The molecule has 5 heteroatoms. The van der Waals surface area contributed by atoms with Crippen LogP contribution < -0.4 is 5.69 Å². The molecule has 1 atom stereocenters. The van der Waals surface area contributed by atoms with Gasteiger partial charge in [0.05, 0.1) is 5.52 Å². The fraction of sp³-hybridized carbons (Fsp3) is 0.533. The molecule has 2 heterocycles. The monoisotopic (exact) mass is 275 g/mol. The van der Waals surface area contributed by atoms with Gasteiger partial charge in [-0.3, -0.25) is 9.47 Å². The van der Waals surface area contributed by atoms with Gasteiger partial charge in [0, 0.05) is 18.6 Å². The molecule has 1 aromatic heterocycles. The lowest BCUT2D eigenvalue weighted by molar-refractivity contribution is 0.187. The number of aromatic hydroxyl groups is 1. The van der Waals surface area contributed by atoms with Crippen molar-refractivity contribution in [1.29, 1.82) is 0 Å². The first kappa shape index (κ1) is 13.2. The van der Waals surface area contributed by atoms with Crippen molar-refractivity contribution in [1.82, 2.24) is 14.5 Å². The van der Waals surface area contributed by atoms with Gasteiger partial charge in [0.15, 0.2) is 0 Å². The van der Waals surface area contributed by atoms with E-state index < -0.39 is 0 Å². The minimum Gasteiger partial charge on any atom is -0.506 e. The zero-order valence-electron chi connectivity index (χ0n) is 12.0. The van der Waals surface area contributed by atoms with Crippen LogP contribution >= 0.6 is 0 Å². The number of nitrogens with one attached hydrogen (secondary N) is 1. The van der Waals surface area contributed by atoms with Crippen LogP contribution in [0, 0.1) is 0 Å². The van der Waals surface area contributed by atoms with Crippen molar-refractivity contribution < 1.29 is 5.11 Å². The van der Waals surface area contributed by atoms with Crippen LogP contribution in [0.5, 0.6) is 5.75 Å². The quantitative estimate of drug-likeness (QED) is 0.899. The SMILES string of the molecule is CC(C)N1CCCC1Cn1c(=O)[nH]c2cccc(O)c21. The predicted octanol–water partition coefficient (Wildman–Crippen LogP) is 1.91. The molecule has 1 saturated heterocycles. The average molecular weight is 275 g/mol. The summed E-state index contributed by atoms with van der Waals surface area (Å²) in [6, 6.07) is 6.04. The molecule has 2 N–H and O–H groups in total. The van der Waals surface area contributed by atoms with Crippen LogP contribution in [-0.4, -0.2) is 38.2 Å². The first-order valence-electron chi connectivity index (χ1n) is 7.24. The summed E-state index contributed by atoms with van der Waals surface area (Å²) in [7, 11) is 0. The Kier molecular flexibility index (Phi) is 3.30. The van der Waals surface area contributed by atoms with Crippen molar-refractivity contribution in [3.63, 3.8) is 0 Å². The molecule has 1 unspecified atom stereocenters. The van der Waals surface area contributed by atoms with Crippen molar-refractivity contribution in [2.75, 3.05) is 6.54 Å². The number of fused-ring (bicyclic) bond motifs is 1. The number of benzene rings is 1. The molecule has 20 heavy (non-hydrogen) atoms. The van der Waals surface area contributed by atoms with Crippen molar-refractivity contribution in [2.45, 2.75) is 45.3 Å². The van der Waals surface area contributed by atoms with E-state index in [1.54, 1.807) is 16.7 Å². The Hall–Kier alpha value is -1.75. The Morgan fingerprint density at radius 3 is 3.00 bits per heavy atom. The molecule has 0 spiro atoms. The summed E-state index contributed by atoms with van der Waals surface area (Å²) < 4.78 is 1.68. The number of hydrogen-bond acceptors (Lipinski definition) is 3.